The summed E-state index contributed by atoms with van der Waals surface area (Å²) >= 11 is 0. The zero-order valence-electron chi connectivity index (χ0n) is 20.6. The van der Waals surface area contributed by atoms with Gasteiger partial charge in [-0.25, -0.2) is 0 Å². The van der Waals surface area contributed by atoms with Crippen LogP contribution in [0.15, 0.2) is 10.3 Å². The van der Waals surface area contributed by atoms with Crippen LogP contribution in [-0.4, -0.2) is 21.8 Å². The minimum absolute atomic E-state index is 0.182. The molecule has 0 bridgehead atoms. The molecule has 2 N–H and O–H groups in total. The molecule has 4 aliphatic carbocycles. The van der Waals surface area contributed by atoms with Crippen molar-refractivity contribution in [2.24, 2.45) is 62.6 Å². The van der Waals surface area contributed by atoms with E-state index in [1.165, 1.54) is 57.8 Å². The summed E-state index contributed by atoms with van der Waals surface area (Å²) in [4.78, 5) is 0. The van der Waals surface area contributed by atoms with Gasteiger partial charge < -0.3 is 10.4 Å². The molecule has 0 aromatic carbocycles. The highest BCUT2D eigenvalue weighted by atomic mass is 16.4. The smallest absolute Gasteiger partial charge is 0.105 e. The molecule has 0 heterocycles. The number of hydrogen-bond acceptors (Lipinski definition) is 4. The van der Waals surface area contributed by atoms with Gasteiger partial charge in [0.25, 0.3) is 0 Å². The molecule has 0 saturated heterocycles. The average Bonchev–Trinajstić information content (AvgIpc) is 3.09. The minimum Gasteiger partial charge on any atom is -0.411 e. The van der Waals surface area contributed by atoms with Crippen LogP contribution in [0.25, 0.3) is 0 Å². The molecular weight excluding hydrogens is 384 g/mol. The highest BCUT2D eigenvalue weighted by molar-refractivity contribution is 6.42. The SMILES string of the molecule is CC(C)CCC[C@@H](C)[C@@H]1CC[C@@H]2[C@@H]3CC[C@H]4CC(=N\O)/C(=N/O)C[C@]4(C)[C@@H]3CC[C@]21C. The lowest BCUT2D eigenvalue weighted by Gasteiger charge is -2.60. The summed E-state index contributed by atoms with van der Waals surface area (Å²) in [6.45, 7) is 12.4. The third kappa shape index (κ3) is 3.84. The first-order valence-electron chi connectivity index (χ1n) is 13.2. The van der Waals surface area contributed by atoms with E-state index in [1.54, 1.807) is 0 Å². The van der Waals surface area contributed by atoms with Crippen LogP contribution < -0.4 is 0 Å². The molecule has 4 rings (SSSR count). The fourth-order valence-electron chi connectivity index (χ4n) is 9.18. The van der Waals surface area contributed by atoms with Crippen molar-refractivity contribution in [3.05, 3.63) is 0 Å². The normalized spacial score (nSPS) is 46.1. The van der Waals surface area contributed by atoms with E-state index in [1.807, 2.05) is 0 Å². The van der Waals surface area contributed by atoms with Crippen LogP contribution in [-0.2, 0) is 0 Å². The molecule has 4 nitrogen and oxygen atoms in total. The first-order valence-corrected chi connectivity index (χ1v) is 13.2. The molecule has 31 heavy (non-hydrogen) atoms. The van der Waals surface area contributed by atoms with Gasteiger partial charge in [-0.3, -0.25) is 0 Å². The Morgan fingerprint density at radius 2 is 1.58 bits per heavy atom. The number of nitrogens with zero attached hydrogens (tertiary/aromatic N) is 2. The van der Waals surface area contributed by atoms with Crippen molar-refractivity contribution in [3.63, 3.8) is 0 Å². The number of hydrogen-bond donors (Lipinski definition) is 2. The maximum atomic E-state index is 9.58. The van der Waals surface area contributed by atoms with Crippen molar-refractivity contribution in [2.75, 3.05) is 0 Å². The van der Waals surface area contributed by atoms with E-state index in [9.17, 15) is 10.4 Å². The second kappa shape index (κ2) is 8.71. The quantitative estimate of drug-likeness (QED) is 0.353. The minimum atomic E-state index is 0.182. The molecular formula is C27H46N2O2. The van der Waals surface area contributed by atoms with Gasteiger partial charge in [0, 0.05) is 6.42 Å². The number of rotatable bonds is 5. The van der Waals surface area contributed by atoms with Gasteiger partial charge in [-0.2, -0.15) is 0 Å². The van der Waals surface area contributed by atoms with Crippen LogP contribution >= 0.6 is 0 Å². The highest BCUT2D eigenvalue weighted by Gasteiger charge is 2.61. The molecule has 4 aliphatic rings. The Hall–Kier alpha value is -1.06. The second-order valence-corrected chi connectivity index (χ2v) is 12.7. The first-order chi connectivity index (χ1) is 14.7. The lowest BCUT2D eigenvalue weighted by atomic mass is 9.44. The summed E-state index contributed by atoms with van der Waals surface area (Å²) in [5.41, 5.74) is 1.93. The van der Waals surface area contributed by atoms with Gasteiger partial charge in [-0.05, 0) is 97.2 Å². The summed E-state index contributed by atoms with van der Waals surface area (Å²) in [7, 11) is 0. The third-order valence-electron chi connectivity index (χ3n) is 10.8. The van der Waals surface area contributed by atoms with Crippen LogP contribution in [0, 0.1) is 52.3 Å². The highest BCUT2D eigenvalue weighted by Crippen LogP contribution is 2.68. The van der Waals surface area contributed by atoms with Crippen molar-refractivity contribution in [2.45, 2.75) is 105 Å². The van der Waals surface area contributed by atoms with Crippen LogP contribution in [0.5, 0.6) is 0 Å². The Balaban J connectivity index is 1.50. The van der Waals surface area contributed by atoms with E-state index in [4.69, 9.17) is 0 Å². The van der Waals surface area contributed by atoms with E-state index < -0.39 is 0 Å². The predicted octanol–water partition coefficient (Wildman–Crippen LogP) is 7.38. The van der Waals surface area contributed by atoms with Gasteiger partial charge in [0.2, 0.25) is 0 Å². The van der Waals surface area contributed by atoms with Crippen molar-refractivity contribution >= 4 is 11.4 Å². The monoisotopic (exact) mass is 430 g/mol. The predicted molar refractivity (Wildman–Crippen MR) is 127 cm³/mol. The topological polar surface area (TPSA) is 65.2 Å². The summed E-state index contributed by atoms with van der Waals surface area (Å²) in [6, 6.07) is 0. The van der Waals surface area contributed by atoms with Crippen LogP contribution in [0.1, 0.15) is 105 Å². The molecule has 4 saturated carbocycles. The van der Waals surface area contributed by atoms with Crippen molar-refractivity contribution < 1.29 is 10.4 Å². The summed E-state index contributed by atoms with van der Waals surface area (Å²) in [6.07, 6.45) is 13.8. The van der Waals surface area contributed by atoms with Crippen molar-refractivity contribution in [3.8, 4) is 0 Å². The molecule has 8 atom stereocenters. The maximum Gasteiger partial charge on any atom is 0.105 e. The van der Waals surface area contributed by atoms with E-state index in [0.717, 1.165) is 48.3 Å². The molecule has 4 fully saturated rings. The zero-order chi connectivity index (χ0) is 22.4. The van der Waals surface area contributed by atoms with Gasteiger partial charge in [-0.1, -0.05) is 64.2 Å². The number of oxime groups is 2. The van der Waals surface area contributed by atoms with Crippen LogP contribution in [0.3, 0.4) is 0 Å². The lowest BCUT2D eigenvalue weighted by molar-refractivity contribution is -0.0976. The Labute approximate surface area is 189 Å². The van der Waals surface area contributed by atoms with Gasteiger partial charge in [-0.15, -0.1) is 0 Å². The number of fused-ring (bicyclic) bond motifs is 5. The maximum absolute atomic E-state index is 9.58. The fourth-order valence-corrected chi connectivity index (χ4v) is 9.18. The van der Waals surface area contributed by atoms with Gasteiger partial charge in [0.15, 0.2) is 0 Å². The molecule has 0 aromatic heterocycles. The Morgan fingerprint density at radius 3 is 2.26 bits per heavy atom. The molecule has 0 aliphatic heterocycles. The molecule has 0 radical (unpaired) electrons. The third-order valence-corrected chi connectivity index (χ3v) is 10.8. The van der Waals surface area contributed by atoms with E-state index >= 15 is 0 Å². The fraction of sp³-hybridized carbons (Fsp3) is 0.926. The lowest BCUT2D eigenvalue weighted by Crippen LogP contribution is -2.55. The average molecular weight is 431 g/mol. The molecule has 4 heteroatoms. The van der Waals surface area contributed by atoms with E-state index in [-0.39, 0.29) is 5.41 Å². The largest absolute Gasteiger partial charge is 0.411 e. The van der Waals surface area contributed by atoms with Gasteiger partial charge in [0.05, 0.1) is 0 Å². The Kier molecular flexibility index (Phi) is 6.49. The molecule has 0 aromatic rings. The van der Waals surface area contributed by atoms with Crippen molar-refractivity contribution in [1.82, 2.24) is 0 Å². The second-order valence-electron chi connectivity index (χ2n) is 12.7. The Bertz CT molecular complexity index is 716. The van der Waals surface area contributed by atoms with E-state index in [0.29, 0.717) is 22.8 Å². The standard InChI is InChI=1S/C27H46N2O2/c1-17(2)7-6-8-18(3)21-11-12-22-20-10-9-19-15-24(28-30)25(29-31)16-27(19,5)23(20)13-14-26(21,22)4/h17-23,30-31H,6-16H2,1-5H3/b28-24+,29-25+/t18-,19+,20+,21+,22-,23-,26+,27+/m1/s1. The summed E-state index contributed by atoms with van der Waals surface area (Å²) in [5.74, 6) is 5.53. The molecule has 0 unspecified atom stereocenters. The Morgan fingerprint density at radius 1 is 0.871 bits per heavy atom. The van der Waals surface area contributed by atoms with Crippen LogP contribution in [0.2, 0.25) is 0 Å². The van der Waals surface area contributed by atoms with E-state index in [2.05, 4.69) is 44.9 Å². The molecule has 0 amide bonds. The van der Waals surface area contributed by atoms with Gasteiger partial charge >= 0.3 is 0 Å². The van der Waals surface area contributed by atoms with Gasteiger partial charge in [0.1, 0.15) is 11.4 Å². The van der Waals surface area contributed by atoms with Crippen LogP contribution in [0.4, 0.5) is 0 Å². The zero-order valence-corrected chi connectivity index (χ0v) is 20.6. The molecule has 176 valence electrons. The summed E-state index contributed by atoms with van der Waals surface area (Å²) in [5, 5.41) is 26.0. The summed E-state index contributed by atoms with van der Waals surface area (Å²) < 4.78 is 0. The molecule has 0 spiro atoms. The van der Waals surface area contributed by atoms with Crippen molar-refractivity contribution in [1.29, 1.82) is 0 Å². The first kappa shape index (κ1) is 23.1.